The summed E-state index contributed by atoms with van der Waals surface area (Å²) in [5.74, 6) is 0.0289. The lowest BCUT2D eigenvalue weighted by Gasteiger charge is -2.39. The molecule has 1 aliphatic heterocycles. The molecule has 1 aliphatic rings. The van der Waals surface area contributed by atoms with E-state index in [2.05, 4.69) is 0 Å². The first-order chi connectivity index (χ1) is 5.43. The monoisotopic (exact) mass is 174 g/mol. The number of hydrogen-bond donors (Lipinski definition) is 2. The zero-order valence-electron chi connectivity index (χ0n) is 7.95. The van der Waals surface area contributed by atoms with Crippen LogP contribution in [0.15, 0.2) is 0 Å². The lowest BCUT2D eigenvalue weighted by atomic mass is 9.75. The molecule has 1 rings (SSSR count). The van der Waals surface area contributed by atoms with Crippen LogP contribution in [0, 0.1) is 11.3 Å². The van der Waals surface area contributed by atoms with Crippen LogP contribution < -0.4 is 0 Å². The van der Waals surface area contributed by atoms with Crippen molar-refractivity contribution in [2.75, 3.05) is 13.2 Å². The number of ether oxygens (including phenoxy) is 1. The number of hydrogen-bond acceptors (Lipinski definition) is 3. The van der Waals surface area contributed by atoms with Crippen molar-refractivity contribution in [3.8, 4) is 0 Å². The van der Waals surface area contributed by atoms with Crippen molar-refractivity contribution in [3.63, 3.8) is 0 Å². The maximum absolute atomic E-state index is 9.64. The molecule has 0 amide bonds. The lowest BCUT2D eigenvalue weighted by Crippen LogP contribution is -2.48. The third-order valence-corrected chi connectivity index (χ3v) is 2.50. The van der Waals surface area contributed by atoms with Crippen molar-refractivity contribution >= 4 is 0 Å². The van der Waals surface area contributed by atoms with Crippen molar-refractivity contribution in [1.82, 2.24) is 0 Å². The van der Waals surface area contributed by atoms with Crippen LogP contribution in [0.4, 0.5) is 0 Å². The molecule has 0 bridgehead atoms. The second kappa shape index (κ2) is 3.32. The summed E-state index contributed by atoms with van der Waals surface area (Å²) in [7, 11) is 0. The van der Waals surface area contributed by atoms with E-state index in [0.717, 1.165) is 0 Å². The molecule has 1 saturated heterocycles. The smallest absolute Gasteiger partial charge is 0.104 e. The molecule has 2 N–H and O–H groups in total. The van der Waals surface area contributed by atoms with Crippen molar-refractivity contribution in [1.29, 1.82) is 0 Å². The molecule has 72 valence electrons. The fraction of sp³-hybridized carbons (Fsp3) is 1.00. The second-order valence-corrected chi connectivity index (χ2v) is 4.57. The van der Waals surface area contributed by atoms with Gasteiger partial charge in [0.15, 0.2) is 0 Å². The van der Waals surface area contributed by atoms with Crippen molar-refractivity contribution in [3.05, 3.63) is 0 Å². The Morgan fingerprint density at radius 3 is 2.17 bits per heavy atom. The Labute approximate surface area is 73.4 Å². The summed E-state index contributed by atoms with van der Waals surface area (Å²) in [6.07, 6.45) is -1.36. The van der Waals surface area contributed by atoms with E-state index in [1.54, 1.807) is 0 Å². The quantitative estimate of drug-likeness (QED) is 0.559. The molecule has 3 nitrogen and oxygen atoms in total. The van der Waals surface area contributed by atoms with Crippen LogP contribution in [-0.2, 0) is 4.74 Å². The molecule has 0 aliphatic carbocycles. The van der Waals surface area contributed by atoms with Crippen LogP contribution in [0.3, 0.4) is 0 Å². The van der Waals surface area contributed by atoms with Crippen LogP contribution in [0.2, 0.25) is 0 Å². The molecule has 1 unspecified atom stereocenters. The average Bonchev–Trinajstić information content (AvgIpc) is 1.92. The van der Waals surface area contributed by atoms with Crippen molar-refractivity contribution in [2.45, 2.75) is 33.0 Å². The first-order valence-electron chi connectivity index (χ1n) is 4.37. The van der Waals surface area contributed by atoms with Gasteiger partial charge in [-0.25, -0.2) is 0 Å². The maximum atomic E-state index is 9.64. The normalized spacial score (nSPS) is 38.2. The van der Waals surface area contributed by atoms with Crippen molar-refractivity contribution < 1.29 is 14.9 Å². The van der Waals surface area contributed by atoms with E-state index in [9.17, 15) is 10.2 Å². The Morgan fingerprint density at radius 2 is 1.75 bits per heavy atom. The minimum absolute atomic E-state index is 0.0131. The van der Waals surface area contributed by atoms with Gasteiger partial charge in [-0.3, -0.25) is 0 Å². The Balaban J connectivity index is 2.64. The molecule has 1 heterocycles. The highest BCUT2D eigenvalue weighted by Crippen LogP contribution is 2.32. The molecule has 3 atom stereocenters. The fourth-order valence-corrected chi connectivity index (χ4v) is 1.54. The number of aliphatic hydroxyl groups is 2. The van der Waals surface area contributed by atoms with Gasteiger partial charge in [0.1, 0.15) is 6.10 Å². The summed E-state index contributed by atoms with van der Waals surface area (Å²) in [6.45, 7) is 6.93. The Morgan fingerprint density at radius 1 is 1.17 bits per heavy atom. The maximum Gasteiger partial charge on any atom is 0.104 e. The molecule has 0 saturated carbocycles. The molecule has 0 radical (unpaired) electrons. The van der Waals surface area contributed by atoms with Crippen molar-refractivity contribution in [2.24, 2.45) is 11.3 Å². The van der Waals surface area contributed by atoms with Gasteiger partial charge in [0.2, 0.25) is 0 Å². The summed E-state index contributed by atoms with van der Waals surface area (Å²) >= 11 is 0. The highest BCUT2D eigenvalue weighted by Gasteiger charge is 2.38. The summed E-state index contributed by atoms with van der Waals surface area (Å²) < 4.78 is 5.18. The number of rotatable bonds is 0. The minimum atomic E-state index is -0.719. The molecule has 1 fully saturated rings. The molecule has 12 heavy (non-hydrogen) atoms. The van der Waals surface area contributed by atoms with Gasteiger partial charge in [0.25, 0.3) is 0 Å². The van der Waals surface area contributed by atoms with Crippen LogP contribution in [0.25, 0.3) is 0 Å². The van der Waals surface area contributed by atoms with E-state index in [0.29, 0.717) is 6.61 Å². The average molecular weight is 174 g/mol. The van der Waals surface area contributed by atoms with Gasteiger partial charge in [0.05, 0.1) is 19.3 Å². The zero-order chi connectivity index (χ0) is 9.35. The van der Waals surface area contributed by atoms with Gasteiger partial charge in [-0.05, 0) is 5.41 Å². The van der Waals surface area contributed by atoms with E-state index in [1.165, 1.54) is 0 Å². The van der Waals surface area contributed by atoms with E-state index in [-0.39, 0.29) is 17.9 Å². The first kappa shape index (κ1) is 9.96. The summed E-state index contributed by atoms with van der Waals surface area (Å²) in [6, 6.07) is 0. The van der Waals surface area contributed by atoms with Gasteiger partial charge in [0, 0.05) is 5.92 Å². The Bertz CT molecular complexity index is 150. The lowest BCUT2D eigenvalue weighted by molar-refractivity contribution is -0.145. The largest absolute Gasteiger partial charge is 0.390 e. The van der Waals surface area contributed by atoms with Gasteiger partial charge >= 0.3 is 0 Å². The minimum Gasteiger partial charge on any atom is -0.390 e. The molecular weight excluding hydrogens is 156 g/mol. The first-order valence-corrected chi connectivity index (χ1v) is 4.37. The predicted octanol–water partition coefficient (Wildman–Crippen LogP) is 0.401. The van der Waals surface area contributed by atoms with E-state index in [4.69, 9.17) is 4.74 Å². The van der Waals surface area contributed by atoms with E-state index >= 15 is 0 Å². The van der Waals surface area contributed by atoms with E-state index < -0.39 is 12.2 Å². The number of aliphatic hydroxyl groups excluding tert-OH is 2. The highest BCUT2D eigenvalue weighted by molar-refractivity contribution is 4.87. The third-order valence-electron chi connectivity index (χ3n) is 2.50. The van der Waals surface area contributed by atoms with Gasteiger partial charge in [-0.1, -0.05) is 20.8 Å². The molecule has 0 aromatic carbocycles. The standard InChI is InChI=1S/C9H18O3/c1-9(2,3)6-4-12-5-7(10)8(6)11/h6-8,10-11H,4-5H2,1-3H3/t6?,7-,8-/m0/s1. The van der Waals surface area contributed by atoms with Gasteiger partial charge < -0.3 is 14.9 Å². The summed E-state index contributed by atoms with van der Waals surface area (Å²) in [5.41, 5.74) is -0.0131. The van der Waals surface area contributed by atoms with Crippen LogP contribution in [0.1, 0.15) is 20.8 Å². The molecule has 0 aromatic rings. The molecule has 0 spiro atoms. The Kier molecular flexibility index (Phi) is 2.76. The molecule has 0 aromatic heterocycles. The highest BCUT2D eigenvalue weighted by atomic mass is 16.5. The van der Waals surface area contributed by atoms with Crippen LogP contribution in [-0.4, -0.2) is 35.6 Å². The van der Waals surface area contributed by atoms with E-state index in [1.807, 2.05) is 20.8 Å². The zero-order valence-corrected chi connectivity index (χ0v) is 7.95. The fourth-order valence-electron chi connectivity index (χ4n) is 1.54. The Hall–Kier alpha value is -0.120. The van der Waals surface area contributed by atoms with Gasteiger partial charge in [-0.2, -0.15) is 0 Å². The third kappa shape index (κ3) is 1.97. The van der Waals surface area contributed by atoms with Gasteiger partial charge in [-0.15, -0.1) is 0 Å². The molecule has 3 heteroatoms. The van der Waals surface area contributed by atoms with Crippen LogP contribution in [0.5, 0.6) is 0 Å². The predicted molar refractivity (Wildman–Crippen MR) is 45.8 cm³/mol. The SMILES string of the molecule is CC(C)(C)C1COC[C@H](O)[C@H]1O. The summed E-state index contributed by atoms with van der Waals surface area (Å²) in [4.78, 5) is 0. The topological polar surface area (TPSA) is 49.7 Å². The summed E-state index contributed by atoms with van der Waals surface area (Å²) in [5, 5.41) is 19.0. The van der Waals surface area contributed by atoms with Crippen LogP contribution >= 0.6 is 0 Å². The second-order valence-electron chi connectivity index (χ2n) is 4.57. The molecular formula is C9H18O3.